The summed E-state index contributed by atoms with van der Waals surface area (Å²) in [5.74, 6) is 0.891. The molecule has 2 aromatic carbocycles. The van der Waals surface area contributed by atoms with Gasteiger partial charge < -0.3 is 9.84 Å². The first-order chi connectivity index (χ1) is 12.1. The van der Waals surface area contributed by atoms with Gasteiger partial charge in [-0.2, -0.15) is 0 Å². The minimum absolute atomic E-state index is 0.705. The topological polar surface area (TPSA) is 32.7 Å². The zero-order valence-electron chi connectivity index (χ0n) is 14.5. The molecule has 1 N–H and O–H groups in total. The maximum Gasteiger partial charge on any atom is 0.126 e. The zero-order chi connectivity index (χ0) is 17.7. The molecule has 25 heavy (non-hydrogen) atoms. The first kappa shape index (κ1) is 18.2. The van der Waals surface area contributed by atoms with Crippen molar-refractivity contribution in [2.75, 3.05) is 26.7 Å². The van der Waals surface area contributed by atoms with Gasteiger partial charge in [0.15, 0.2) is 0 Å². The molecule has 1 aliphatic heterocycles. The van der Waals surface area contributed by atoms with Crippen LogP contribution in [0, 0.1) is 0 Å². The van der Waals surface area contributed by atoms with E-state index in [1.54, 1.807) is 7.11 Å². The fraction of sp³-hybridized carbons (Fsp3) is 0.333. The maximum absolute atomic E-state index is 10.9. The summed E-state index contributed by atoms with van der Waals surface area (Å²) in [6, 6.07) is 16.0. The maximum atomic E-state index is 10.9. The Morgan fingerprint density at radius 2 is 1.80 bits per heavy atom. The number of piperidine rings is 1. The van der Waals surface area contributed by atoms with E-state index in [0.29, 0.717) is 0 Å². The van der Waals surface area contributed by atoms with Crippen LogP contribution in [0.5, 0.6) is 5.75 Å². The summed E-state index contributed by atoms with van der Waals surface area (Å²) < 4.78 is 6.41. The summed E-state index contributed by atoms with van der Waals surface area (Å²) in [6.45, 7) is 2.67. The van der Waals surface area contributed by atoms with Crippen molar-refractivity contribution >= 4 is 22.0 Å². The Morgan fingerprint density at radius 3 is 2.48 bits per heavy atom. The summed E-state index contributed by atoms with van der Waals surface area (Å²) in [6.07, 6.45) is 5.80. The van der Waals surface area contributed by atoms with Crippen LogP contribution in [0.1, 0.15) is 24.0 Å². The lowest BCUT2D eigenvalue weighted by atomic mass is 9.84. The van der Waals surface area contributed by atoms with Crippen LogP contribution in [-0.2, 0) is 5.60 Å². The molecule has 0 aliphatic carbocycles. The monoisotopic (exact) mass is 401 g/mol. The number of rotatable bonds is 5. The van der Waals surface area contributed by atoms with Crippen LogP contribution in [0.3, 0.4) is 0 Å². The number of nitrogens with zero attached hydrogens (tertiary/aromatic N) is 1. The molecular weight excluding hydrogens is 378 g/mol. The summed E-state index contributed by atoms with van der Waals surface area (Å²) >= 11 is 3.45. The standard InChI is InChI=1S/C21H24BrNO2/c1-25-20-7-3-2-5-17(20)6-4-14-23-15-12-21(24,13-16-23)18-8-10-19(22)11-9-18/h2-11,24H,12-16H2,1H3/b6-4+. The highest BCUT2D eigenvalue weighted by atomic mass is 79.9. The molecule has 2 aromatic rings. The van der Waals surface area contributed by atoms with E-state index in [0.717, 1.165) is 53.8 Å². The summed E-state index contributed by atoms with van der Waals surface area (Å²) in [7, 11) is 1.69. The molecular formula is C21H24BrNO2. The highest BCUT2D eigenvalue weighted by molar-refractivity contribution is 9.10. The second-order valence-electron chi connectivity index (χ2n) is 6.48. The van der Waals surface area contributed by atoms with Gasteiger partial charge in [-0.3, -0.25) is 4.90 Å². The normalized spacial score (nSPS) is 17.7. The van der Waals surface area contributed by atoms with Crippen LogP contribution in [0.15, 0.2) is 59.1 Å². The van der Waals surface area contributed by atoms with E-state index in [4.69, 9.17) is 4.74 Å². The molecule has 0 unspecified atom stereocenters. The van der Waals surface area contributed by atoms with Crippen LogP contribution >= 0.6 is 15.9 Å². The summed E-state index contributed by atoms with van der Waals surface area (Å²) in [5.41, 5.74) is 1.40. The highest BCUT2D eigenvalue weighted by Gasteiger charge is 2.33. The molecule has 0 amide bonds. The average Bonchev–Trinajstić information content (AvgIpc) is 2.64. The largest absolute Gasteiger partial charge is 0.496 e. The molecule has 0 bridgehead atoms. The van der Waals surface area contributed by atoms with Gasteiger partial charge in [-0.1, -0.05) is 58.4 Å². The second-order valence-corrected chi connectivity index (χ2v) is 7.40. The smallest absolute Gasteiger partial charge is 0.126 e. The van der Waals surface area contributed by atoms with E-state index >= 15 is 0 Å². The quantitative estimate of drug-likeness (QED) is 0.802. The van der Waals surface area contributed by atoms with Crippen molar-refractivity contribution in [1.29, 1.82) is 0 Å². The van der Waals surface area contributed by atoms with Gasteiger partial charge >= 0.3 is 0 Å². The van der Waals surface area contributed by atoms with Crippen molar-refractivity contribution in [3.8, 4) is 5.75 Å². The van der Waals surface area contributed by atoms with Crippen LogP contribution in [-0.4, -0.2) is 36.8 Å². The third-order valence-electron chi connectivity index (χ3n) is 4.86. The summed E-state index contributed by atoms with van der Waals surface area (Å²) in [4.78, 5) is 2.37. The van der Waals surface area contributed by atoms with E-state index in [-0.39, 0.29) is 0 Å². The third-order valence-corrected chi connectivity index (χ3v) is 5.39. The first-order valence-electron chi connectivity index (χ1n) is 8.61. The molecule has 1 fully saturated rings. The molecule has 0 radical (unpaired) electrons. The van der Waals surface area contributed by atoms with Gasteiger partial charge in [0, 0.05) is 29.7 Å². The van der Waals surface area contributed by atoms with Crippen LogP contribution in [0.25, 0.3) is 6.08 Å². The fourth-order valence-electron chi connectivity index (χ4n) is 3.29. The second kappa shape index (κ2) is 8.17. The van der Waals surface area contributed by atoms with E-state index < -0.39 is 5.60 Å². The molecule has 1 aliphatic rings. The van der Waals surface area contributed by atoms with Crippen molar-refractivity contribution in [3.05, 3.63) is 70.2 Å². The number of hydrogen-bond acceptors (Lipinski definition) is 3. The number of para-hydroxylation sites is 1. The number of hydrogen-bond donors (Lipinski definition) is 1. The third kappa shape index (κ3) is 4.51. The van der Waals surface area contributed by atoms with Crippen molar-refractivity contribution in [1.82, 2.24) is 4.90 Å². The molecule has 1 heterocycles. The molecule has 132 valence electrons. The molecule has 0 spiro atoms. The van der Waals surface area contributed by atoms with E-state index in [1.807, 2.05) is 42.5 Å². The van der Waals surface area contributed by atoms with Crippen molar-refractivity contribution < 1.29 is 9.84 Å². The lowest BCUT2D eigenvalue weighted by molar-refractivity contribution is -0.0233. The van der Waals surface area contributed by atoms with E-state index in [9.17, 15) is 5.11 Å². The number of ether oxygens (including phenoxy) is 1. The Bertz CT molecular complexity index is 719. The van der Waals surface area contributed by atoms with Crippen LogP contribution < -0.4 is 4.74 Å². The van der Waals surface area contributed by atoms with E-state index in [1.165, 1.54) is 0 Å². The number of methoxy groups -OCH3 is 1. The molecule has 0 saturated carbocycles. The Balaban J connectivity index is 1.56. The Kier molecular flexibility index (Phi) is 5.94. The van der Waals surface area contributed by atoms with Crippen molar-refractivity contribution in [2.45, 2.75) is 18.4 Å². The van der Waals surface area contributed by atoms with Gasteiger partial charge in [-0.05, 0) is 36.6 Å². The fourth-order valence-corrected chi connectivity index (χ4v) is 3.55. The van der Waals surface area contributed by atoms with Crippen LogP contribution in [0.4, 0.5) is 0 Å². The number of halogens is 1. The predicted octanol–water partition coefficient (Wildman–Crippen LogP) is 4.45. The molecule has 1 saturated heterocycles. The molecule has 3 rings (SSSR count). The minimum atomic E-state index is -0.705. The SMILES string of the molecule is COc1ccccc1/C=C/CN1CCC(O)(c2ccc(Br)cc2)CC1. The van der Waals surface area contributed by atoms with E-state index in [2.05, 4.69) is 39.0 Å². The molecule has 0 aromatic heterocycles. The number of benzene rings is 2. The van der Waals surface area contributed by atoms with Crippen LogP contribution in [0.2, 0.25) is 0 Å². The predicted molar refractivity (Wildman–Crippen MR) is 106 cm³/mol. The lowest BCUT2D eigenvalue weighted by Gasteiger charge is -2.38. The van der Waals surface area contributed by atoms with Gasteiger partial charge in [0.05, 0.1) is 12.7 Å². The Hall–Kier alpha value is -1.62. The summed E-state index contributed by atoms with van der Waals surface area (Å²) in [5, 5.41) is 10.9. The Morgan fingerprint density at radius 1 is 1.12 bits per heavy atom. The molecule has 0 atom stereocenters. The van der Waals surface area contributed by atoms with Crippen molar-refractivity contribution in [2.24, 2.45) is 0 Å². The van der Waals surface area contributed by atoms with Gasteiger partial charge in [-0.25, -0.2) is 0 Å². The highest BCUT2D eigenvalue weighted by Crippen LogP contribution is 2.33. The number of aliphatic hydroxyl groups is 1. The van der Waals surface area contributed by atoms with Gasteiger partial charge in [0.25, 0.3) is 0 Å². The van der Waals surface area contributed by atoms with Gasteiger partial charge in [0.1, 0.15) is 5.75 Å². The van der Waals surface area contributed by atoms with Crippen molar-refractivity contribution in [3.63, 3.8) is 0 Å². The molecule has 3 nitrogen and oxygen atoms in total. The first-order valence-corrected chi connectivity index (χ1v) is 9.40. The average molecular weight is 402 g/mol. The Labute approximate surface area is 158 Å². The number of likely N-dealkylation sites (tertiary alicyclic amines) is 1. The van der Waals surface area contributed by atoms with Gasteiger partial charge in [-0.15, -0.1) is 0 Å². The zero-order valence-corrected chi connectivity index (χ0v) is 16.1. The lowest BCUT2D eigenvalue weighted by Crippen LogP contribution is -2.42. The van der Waals surface area contributed by atoms with Gasteiger partial charge in [0.2, 0.25) is 0 Å². The minimum Gasteiger partial charge on any atom is -0.496 e. The molecule has 4 heteroatoms.